The largest absolute Gasteiger partial charge is 0.313 e. The minimum Gasteiger partial charge on any atom is -0.313 e. The third-order valence-electron chi connectivity index (χ3n) is 3.71. The van der Waals surface area contributed by atoms with E-state index in [9.17, 15) is 0 Å². The van der Waals surface area contributed by atoms with E-state index in [1.165, 1.54) is 11.1 Å². The van der Waals surface area contributed by atoms with Crippen LogP contribution in [0.5, 0.6) is 0 Å². The molecule has 21 heavy (non-hydrogen) atoms. The fourth-order valence-corrected chi connectivity index (χ4v) is 2.50. The molecule has 3 N–H and O–H groups in total. The Balaban J connectivity index is 0.00000110. The average molecular weight is 326 g/mol. The lowest BCUT2D eigenvalue weighted by atomic mass is 9.96. The molecule has 2 aromatic rings. The quantitative estimate of drug-likeness (QED) is 0.671. The van der Waals surface area contributed by atoms with Crippen LogP contribution in [-0.2, 0) is 0 Å². The first kappa shape index (κ1) is 18.0. The molecule has 1 saturated heterocycles. The summed E-state index contributed by atoms with van der Waals surface area (Å²) in [5, 5.41) is 5.27. The van der Waals surface area contributed by atoms with Gasteiger partial charge in [0, 0.05) is 13.1 Å². The zero-order valence-corrected chi connectivity index (χ0v) is 13.3. The Labute approximate surface area is 138 Å². The standard InChI is InChI=1S/C16H19N3.2ClH/c17-19(15-11-18-12-15)16(13-7-3-1-4-8-13)14-9-5-2-6-10-14;;/h1-10,15-16,18H,11-12,17H2;2*1H. The second-order valence-corrected chi connectivity index (χ2v) is 4.98. The molecule has 0 bridgehead atoms. The van der Waals surface area contributed by atoms with Gasteiger partial charge in [-0.05, 0) is 11.1 Å². The maximum atomic E-state index is 6.38. The first-order valence-electron chi connectivity index (χ1n) is 6.70. The summed E-state index contributed by atoms with van der Waals surface area (Å²) >= 11 is 0. The van der Waals surface area contributed by atoms with Crippen molar-refractivity contribution in [3.8, 4) is 0 Å². The summed E-state index contributed by atoms with van der Waals surface area (Å²) in [6, 6.07) is 21.4. The maximum absolute atomic E-state index is 6.38. The fourth-order valence-electron chi connectivity index (χ4n) is 2.50. The van der Waals surface area contributed by atoms with Crippen LogP contribution >= 0.6 is 24.8 Å². The van der Waals surface area contributed by atoms with E-state index in [2.05, 4.69) is 53.8 Å². The number of halogens is 2. The molecule has 1 aliphatic heterocycles. The summed E-state index contributed by atoms with van der Waals surface area (Å²) in [5.74, 6) is 6.38. The summed E-state index contributed by atoms with van der Waals surface area (Å²) in [6.45, 7) is 1.93. The van der Waals surface area contributed by atoms with Crippen LogP contribution in [0.1, 0.15) is 17.2 Å². The number of hydrogen-bond donors (Lipinski definition) is 2. The van der Waals surface area contributed by atoms with Crippen molar-refractivity contribution in [1.29, 1.82) is 0 Å². The molecule has 5 heteroatoms. The van der Waals surface area contributed by atoms with Gasteiger partial charge in [0.15, 0.2) is 0 Å². The van der Waals surface area contributed by atoms with Crippen LogP contribution in [0.2, 0.25) is 0 Å². The molecule has 0 amide bonds. The van der Waals surface area contributed by atoms with Gasteiger partial charge < -0.3 is 5.32 Å². The Bertz CT molecular complexity index is 478. The molecule has 3 rings (SSSR count). The molecule has 114 valence electrons. The van der Waals surface area contributed by atoms with Crippen molar-refractivity contribution in [2.24, 2.45) is 5.84 Å². The van der Waals surface area contributed by atoms with Crippen molar-refractivity contribution in [3.05, 3.63) is 71.8 Å². The molecule has 0 radical (unpaired) electrons. The summed E-state index contributed by atoms with van der Waals surface area (Å²) in [6.07, 6.45) is 0. The molecule has 0 saturated carbocycles. The van der Waals surface area contributed by atoms with Gasteiger partial charge in [0.1, 0.15) is 0 Å². The van der Waals surface area contributed by atoms with Crippen LogP contribution in [0.25, 0.3) is 0 Å². The Morgan fingerprint density at radius 3 is 1.62 bits per heavy atom. The van der Waals surface area contributed by atoms with Crippen molar-refractivity contribution >= 4 is 24.8 Å². The van der Waals surface area contributed by atoms with Gasteiger partial charge in [0.2, 0.25) is 0 Å². The number of nitrogens with two attached hydrogens (primary N) is 1. The first-order valence-corrected chi connectivity index (χ1v) is 6.70. The predicted octanol–water partition coefficient (Wildman–Crippen LogP) is 2.77. The highest BCUT2D eigenvalue weighted by molar-refractivity contribution is 5.85. The van der Waals surface area contributed by atoms with Crippen molar-refractivity contribution in [1.82, 2.24) is 10.3 Å². The van der Waals surface area contributed by atoms with Crippen LogP contribution in [0, 0.1) is 0 Å². The van der Waals surface area contributed by atoms with E-state index in [1.807, 2.05) is 17.1 Å². The lowest BCUT2D eigenvalue weighted by molar-refractivity contribution is 0.114. The number of nitrogens with zero attached hydrogens (tertiary/aromatic N) is 1. The van der Waals surface area contributed by atoms with Gasteiger partial charge in [-0.3, -0.25) is 5.84 Å². The zero-order valence-electron chi connectivity index (χ0n) is 11.7. The first-order chi connectivity index (χ1) is 9.36. The van der Waals surface area contributed by atoms with Crippen LogP contribution in [0.4, 0.5) is 0 Å². The minimum absolute atomic E-state index is 0. The topological polar surface area (TPSA) is 41.3 Å². The minimum atomic E-state index is 0. The Kier molecular flexibility index (Phi) is 7.15. The van der Waals surface area contributed by atoms with Gasteiger partial charge in [0.25, 0.3) is 0 Å². The van der Waals surface area contributed by atoms with E-state index in [0.29, 0.717) is 6.04 Å². The molecule has 0 atom stereocenters. The Morgan fingerprint density at radius 1 is 0.857 bits per heavy atom. The van der Waals surface area contributed by atoms with Crippen molar-refractivity contribution in [2.45, 2.75) is 12.1 Å². The normalized spacial score (nSPS) is 14.2. The van der Waals surface area contributed by atoms with E-state index in [4.69, 9.17) is 5.84 Å². The van der Waals surface area contributed by atoms with E-state index in [1.54, 1.807) is 0 Å². The van der Waals surface area contributed by atoms with Gasteiger partial charge in [-0.1, -0.05) is 60.7 Å². The third-order valence-corrected chi connectivity index (χ3v) is 3.71. The second-order valence-electron chi connectivity index (χ2n) is 4.98. The molecular weight excluding hydrogens is 305 g/mol. The van der Waals surface area contributed by atoms with Crippen LogP contribution in [0.15, 0.2) is 60.7 Å². The highest BCUT2D eigenvalue weighted by Crippen LogP contribution is 2.28. The molecular formula is C16H21Cl2N3. The smallest absolute Gasteiger partial charge is 0.0744 e. The molecule has 0 aromatic heterocycles. The van der Waals surface area contributed by atoms with Crippen molar-refractivity contribution in [3.63, 3.8) is 0 Å². The molecule has 0 unspecified atom stereocenters. The summed E-state index contributed by atoms with van der Waals surface area (Å²) in [7, 11) is 0. The van der Waals surface area contributed by atoms with Crippen LogP contribution in [-0.4, -0.2) is 24.1 Å². The number of hydrogen-bond acceptors (Lipinski definition) is 3. The molecule has 3 nitrogen and oxygen atoms in total. The molecule has 0 aliphatic carbocycles. The summed E-state index contributed by atoms with van der Waals surface area (Å²) < 4.78 is 0. The molecule has 1 heterocycles. The molecule has 1 fully saturated rings. The zero-order chi connectivity index (χ0) is 13.1. The second kappa shape index (κ2) is 8.37. The molecule has 1 aliphatic rings. The van der Waals surface area contributed by atoms with Gasteiger partial charge in [0.05, 0.1) is 12.1 Å². The number of hydrazine groups is 1. The number of rotatable bonds is 4. The Hall–Kier alpha value is -1.10. The Morgan fingerprint density at radius 2 is 1.29 bits per heavy atom. The maximum Gasteiger partial charge on any atom is 0.0744 e. The summed E-state index contributed by atoms with van der Waals surface area (Å²) in [5.41, 5.74) is 2.48. The lowest BCUT2D eigenvalue weighted by Crippen LogP contribution is -2.60. The van der Waals surface area contributed by atoms with Gasteiger partial charge in [-0.2, -0.15) is 0 Å². The van der Waals surface area contributed by atoms with Gasteiger partial charge >= 0.3 is 0 Å². The SMILES string of the molecule is Cl.Cl.NN(C1CNC1)C(c1ccccc1)c1ccccc1. The lowest BCUT2D eigenvalue weighted by Gasteiger charge is -2.40. The van der Waals surface area contributed by atoms with E-state index >= 15 is 0 Å². The molecule has 2 aromatic carbocycles. The highest BCUT2D eigenvalue weighted by atomic mass is 35.5. The van der Waals surface area contributed by atoms with E-state index < -0.39 is 0 Å². The van der Waals surface area contributed by atoms with Gasteiger partial charge in [-0.25, -0.2) is 5.01 Å². The average Bonchev–Trinajstić information content (AvgIpc) is 2.39. The highest BCUT2D eigenvalue weighted by Gasteiger charge is 2.29. The third kappa shape index (κ3) is 3.96. The van der Waals surface area contributed by atoms with Crippen molar-refractivity contribution in [2.75, 3.05) is 13.1 Å². The van der Waals surface area contributed by atoms with Gasteiger partial charge in [-0.15, -0.1) is 24.8 Å². The van der Waals surface area contributed by atoms with E-state index in [0.717, 1.165) is 13.1 Å². The number of benzene rings is 2. The van der Waals surface area contributed by atoms with E-state index in [-0.39, 0.29) is 30.9 Å². The van der Waals surface area contributed by atoms with Crippen LogP contribution < -0.4 is 11.2 Å². The van der Waals surface area contributed by atoms with Crippen LogP contribution in [0.3, 0.4) is 0 Å². The monoisotopic (exact) mass is 325 g/mol. The molecule has 0 spiro atoms. The summed E-state index contributed by atoms with van der Waals surface area (Å²) in [4.78, 5) is 0. The predicted molar refractivity (Wildman–Crippen MR) is 91.9 cm³/mol. The fraction of sp³-hybridized carbons (Fsp3) is 0.250. The van der Waals surface area contributed by atoms with Crippen molar-refractivity contribution < 1.29 is 0 Å². The number of nitrogens with one attached hydrogen (secondary N) is 1.